The van der Waals surface area contributed by atoms with E-state index in [0.29, 0.717) is 11.7 Å². The average Bonchev–Trinajstić information content (AvgIpc) is 2.27. The first-order valence-electron chi connectivity index (χ1n) is 6.26. The van der Waals surface area contributed by atoms with Crippen LogP contribution < -0.4 is 0 Å². The Morgan fingerprint density at radius 3 is 2.69 bits per heavy atom. The molecule has 1 aliphatic carbocycles. The SMILES string of the molecule is CC(C)CC(=O)C1CCc2ccccc2C1. The van der Waals surface area contributed by atoms with Gasteiger partial charge in [0.25, 0.3) is 0 Å². The zero-order chi connectivity index (χ0) is 11.5. The lowest BCUT2D eigenvalue weighted by Crippen LogP contribution is -2.23. The number of aryl methyl sites for hydroxylation is 1. The van der Waals surface area contributed by atoms with Crippen molar-refractivity contribution >= 4 is 5.78 Å². The summed E-state index contributed by atoms with van der Waals surface area (Å²) in [5, 5.41) is 0. The molecule has 0 radical (unpaired) electrons. The van der Waals surface area contributed by atoms with E-state index in [1.165, 1.54) is 11.1 Å². The predicted molar refractivity (Wildman–Crippen MR) is 66.4 cm³/mol. The fraction of sp³-hybridized carbons (Fsp3) is 0.533. The quantitative estimate of drug-likeness (QED) is 0.756. The van der Waals surface area contributed by atoms with Crippen LogP contribution in [-0.2, 0) is 17.6 Å². The van der Waals surface area contributed by atoms with Gasteiger partial charge in [-0.1, -0.05) is 38.1 Å². The third kappa shape index (κ3) is 2.52. The second kappa shape index (κ2) is 4.82. The lowest BCUT2D eigenvalue weighted by molar-refractivity contribution is -0.123. The van der Waals surface area contributed by atoms with E-state index >= 15 is 0 Å². The second-order valence-corrected chi connectivity index (χ2v) is 5.27. The largest absolute Gasteiger partial charge is 0.299 e. The highest BCUT2D eigenvalue weighted by molar-refractivity contribution is 5.81. The maximum atomic E-state index is 12.0. The number of rotatable bonds is 3. The maximum Gasteiger partial charge on any atom is 0.136 e. The van der Waals surface area contributed by atoms with E-state index in [0.717, 1.165) is 25.7 Å². The molecule has 0 spiro atoms. The van der Waals surface area contributed by atoms with Crippen molar-refractivity contribution in [3.63, 3.8) is 0 Å². The molecule has 1 heteroatoms. The topological polar surface area (TPSA) is 17.1 Å². The Bertz CT molecular complexity index is 379. The standard InChI is InChI=1S/C15H20O/c1-11(2)9-15(16)14-8-7-12-5-3-4-6-13(12)10-14/h3-6,11,14H,7-10H2,1-2H3. The van der Waals surface area contributed by atoms with E-state index < -0.39 is 0 Å². The number of carbonyl (C=O) groups is 1. The number of carbonyl (C=O) groups excluding carboxylic acids is 1. The molecule has 0 fully saturated rings. The molecule has 0 N–H and O–H groups in total. The van der Waals surface area contributed by atoms with Gasteiger partial charge in [0.15, 0.2) is 0 Å². The molecule has 1 unspecified atom stereocenters. The van der Waals surface area contributed by atoms with Crippen LogP contribution in [0.25, 0.3) is 0 Å². The first-order valence-corrected chi connectivity index (χ1v) is 6.26. The van der Waals surface area contributed by atoms with Crippen molar-refractivity contribution in [2.75, 3.05) is 0 Å². The molecule has 1 nitrogen and oxygen atoms in total. The fourth-order valence-corrected chi connectivity index (χ4v) is 2.54. The van der Waals surface area contributed by atoms with Crippen molar-refractivity contribution in [3.05, 3.63) is 35.4 Å². The van der Waals surface area contributed by atoms with Crippen molar-refractivity contribution in [3.8, 4) is 0 Å². The van der Waals surface area contributed by atoms with Gasteiger partial charge in [0.2, 0.25) is 0 Å². The highest BCUT2D eigenvalue weighted by atomic mass is 16.1. The monoisotopic (exact) mass is 216 g/mol. The fourth-order valence-electron chi connectivity index (χ4n) is 2.54. The van der Waals surface area contributed by atoms with Crippen molar-refractivity contribution in [2.45, 2.75) is 39.5 Å². The van der Waals surface area contributed by atoms with E-state index in [-0.39, 0.29) is 5.92 Å². The van der Waals surface area contributed by atoms with Gasteiger partial charge in [-0.15, -0.1) is 0 Å². The third-order valence-electron chi connectivity index (χ3n) is 3.41. The summed E-state index contributed by atoms with van der Waals surface area (Å²) in [6, 6.07) is 8.53. The van der Waals surface area contributed by atoms with Crippen molar-refractivity contribution in [2.24, 2.45) is 11.8 Å². The van der Waals surface area contributed by atoms with E-state index in [1.807, 2.05) is 0 Å². The van der Waals surface area contributed by atoms with E-state index in [9.17, 15) is 4.79 Å². The van der Waals surface area contributed by atoms with Crippen LogP contribution in [0.4, 0.5) is 0 Å². The summed E-state index contributed by atoms with van der Waals surface area (Å²) in [5.41, 5.74) is 2.83. The molecule has 0 saturated carbocycles. The molecule has 1 atom stereocenters. The lowest BCUT2D eigenvalue weighted by atomic mass is 9.80. The highest BCUT2D eigenvalue weighted by Crippen LogP contribution is 2.27. The number of Topliss-reactive ketones (excluding diaryl/α,β-unsaturated/α-hetero) is 1. The Balaban J connectivity index is 2.05. The van der Waals surface area contributed by atoms with E-state index in [2.05, 4.69) is 38.1 Å². The number of hydrogen-bond donors (Lipinski definition) is 0. The first-order chi connectivity index (χ1) is 7.66. The van der Waals surface area contributed by atoms with Gasteiger partial charge in [-0.2, -0.15) is 0 Å². The van der Waals surface area contributed by atoms with Gasteiger partial charge < -0.3 is 0 Å². The molecule has 0 saturated heterocycles. The van der Waals surface area contributed by atoms with E-state index in [1.54, 1.807) is 0 Å². The van der Waals surface area contributed by atoms with Gasteiger partial charge in [-0.05, 0) is 36.3 Å². The van der Waals surface area contributed by atoms with Crippen LogP contribution in [0.1, 0.15) is 37.8 Å². The zero-order valence-corrected chi connectivity index (χ0v) is 10.2. The number of ketones is 1. The van der Waals surface area contributed by atoms with Gasteiger partial charge >= 0.3 is 0 Å². The second-order valence-electron chi connectivity index (χ2n) is 5.27. The summed E-state index contributed by atoms with van der Waals surface area (Å²) in [6.45, 7) is 4.24. The maximum absolute atomic E-state index is 12.0. The van der Waals surface area contributed by atoms with Crippen LogP contribution in [0.2, 0.25) is 0 Å². The van der Waals surface area contributed by atoms with E-state index in [4.69, 9.17) is 0 Å². The summed E-state index contributed by atoms with van der Waals surface area (Å²) in [6.07, 6.45) is 3.82. The molecular formula is C15H20O. The number of hydrogen-bond acceptors (Lipinski definition) is 1. The minimum absolute atomic E-state index is 0.275. The van der Waals surface area contributed by atoms with Crippen LogP contribution in [0, 0.1) is 11.8 Å². The summed E-state index contributed by atoms with van der Waals surface area (Å²) in [5.74, 6) is 1.23. The van der Waals surface area contributed by atoms with Gasteiger partial charge in [-0.3, -0.25) is 4.79 Å². The highest BCUT2D eigenvalue weighted by Gasteiger charge is 2.24. The molecule has 86 valence electrons. The van der Waals surface area contributed by atoms with Crippen LogP contribution in [0.15, 0.2) is 24.3 Å². The zero-order valence-electron chi connectivity index (χ0n) is 10.2. The van der Waals surface area contributed by atoms with Gasteiger partial charge in [0, 0.05) is 12.3 Å². The molecule has 16 heavy (non-hydrogen) atoms. The molecule has 0 amide bonds. The minimum atomic E-state index is 0.275. The molecular weight excluding hydrogens is 196 g/mol. The Morgan fingerprint density at radius 1 is 1.31 bits per heavy atom. The van der Waals surface area contributed by atoms with Crippen molar-refractivity contribution < 1.29 is 4.79 Å². The van der Waals surface area contributed by atoms with Gasteiger partial charge in [0.1, 0.15) is 5.78 Å². The third-order valence-corrected chi connectivity index (χ3v) is 3.41. The smallest absolute Gasteiger partial charge is 0.136 e. The molecule has 0 bridgehead atoms. The van der Waals surface area contributed by atoms with Crippen LogP contribution >= 0.6 is 0 Å². The van der Waals surface area contributed by atoms with Crippen LogP contribution in [0.3, 0.4) is 0 Å². The Morgan fingerprint density at radius 2 is 2.00 bits per heavy atom. The molecule has 1 aromatic rings. The predicted octanol–water partition coefficient (Wildman–Crippen LogP) is 3.41. The molecule has 1 aliphatic rings. The summed E-state index contributed by atoms with van der Waals surface area (Å²) < 4.78 is 0. The molecule has 1 aromatic carbocycles. The summed E-state index contributed by atoms with van der Waals surface area (Å²) >= 11 is 0. The lowest BCUT2D eigenvalue weighted by Gasteiger charge is -2.24. The summed E-state index contributed by atoms with van der Waals surface area (Å²) in [7, 11) is 0. The number of benzene rings is 1. The van der Waals surface area contributed by atoms with Crippen LogP contribution in [0.5, 0.6) is 0 Å². The molecule has 2 rings (SSSR count). The molecule has 0 heterocycles. The molecule has 0 aliphatic heterocycles. The van der Waals surface area contributed by atoms with Crippen molar-refractivity contribution in [1.29, 1.82) is 0 Å². The average molecular weight is 216 g/mol. The Kier molecular flexibility index (Phi) is 3.42. The Hall–Kier alpha value is -1.11. The number of fused-ring (bicyclic) bond motifs is 1. The molecule has 0 aromatic heterocycles. The Labute approximate surface area is 97.9 Å². The van der Waals surface area contributed by atoms with Crippen molar-refractivity contribution in [1.82, 2.24) is 0 Å². The van der Waals surface area contributed by atoms with Crippen LogP contribution in [-0.4, -0.2) is 5.78 Å². The summed E-state index contributed by atoms with van der Waals surface area (Å²) in [4.78, 5) is 12.0. The van der Waals surface area contributed by atoms with Gasteiger partial charge in [-0.25, -0.2) is 0 Å². The van der Waals surface area contributed by atoms with Gasteiger partial charge in [0.05, 0.1) is 0 Å². The minimum Gasteiger partial charge on any atom is -0.299 e. The normalized spacial score (nSPS) is 19.6. The first kappa shape index (κ1) is 11.4.